The molecule has 0 unspecified atom stereocenters. The van der Waals surface area contributed by atoms with Crippen molar-refractivity contribution in [3.05, 3.63) is 28.3 Å². The van der Waals surface area contributed by atoms with Crippen LogP contribution in [-0.4, -0.2) is 63.9 Å². The van der Waals surface area contributed by atoms with Crippen LogP contribution in [0.1, 0.15) is 6.92 Å². The van der Waals surface area contributed by atoms with Crippen LogP contribution in [0.3, 0.4) is 0 Å². The van der Waals surface area contributed by atoms with Gasteiger partial charge in [-0.25, -0.2) is 8.42 Å². The summed E-state index contributed by atoms with van der Waals surface area (Å²) in [5, 5.41) is 19.8. The lowest BCUT2D eigenvalue weighted by Gasteiger charge is -2.29. The number of ether oxygens (including phenoxy) is 1. The quantitative estimate of drug-likeness (QED) is 0.335. The summed E-state index contributed by atoms with van der Waals surface area (Å²) < 4.78 is 28.5. The molecular formula is C15H22N4O6S. The van der Waals surface area contributed by atoms with Crippen molar-refractivity contribution in [3.63, 3.8) is 0 Å². The number of benzene rings is 1. The number of nitro benzene ring substituents is 1. The van der Waals surface area contributed by atoms with Gasteiger partial charge >= 0.3 is 0 Å². The molecule has 1 aliphatic heterocycles. The second kappa shape index (κ2) is 8.43. The third kappa shape index (κ3) is 5.13. The molecule has 0 aliphatic carbocycles. The van der Waals surface area contributed by atoms with Crippen molar-refractivity contribution >= 4 is 27.1 Å². The Bertz CT molecular complexity index is 782. The lowest BCUT2D eigenvalue weighted by atomic mass is 10.1. The van der Waals surface area contributed by atoms with Gasteiger partial charge in [-0.05, 0) is 19.1 Å². The largest absolute Gasteiger partial charge is 0.378 e. The number of carbonyl (C=O) groups is 1. The van der Waals surface area contributed by atoms with Gasteiger partial charge in [0, 0.05) is 32.0 Å². The van der Waals surface area contributed by atoms with E-state index in [2.05, 4.69) is 16.0 Å². The molecule has 0 radical (unpaired) electrons. The molecular weight excluding hydrogens is 364 g/mol. The number of nitrogens with one attached hydrogen (secondary N) is 3. The third-order valence-corrected chi connectivity index (χ3v) is 5.04. The number of nitrogens with zero attached hydrogens (tertiary/aromatic N) is 1. The molecule has 1 heterocycles. The van der Waals surface area contributed by atoms with E-state index in [4.69, 9.17) is 4.74 Å². The van der Waals surface area contributed by atoms with Crippen LogP contribution in [0, 0.1) is 10.1 Å². The maximum atomic E-state index is 12.1. The van der Waals surface area contributed by atoms with E-state index in [1.807, 2.05) is 0 Å². The van der Waals surface area contributed by atoms with Crippen LogP contribution in [0.5, 0.6) is 0 Å². The first-order valence-electron chi connectivity index (χ1n) is 8.05. The zero-order valence-electron chi connectivity index (χ0n) is 14.5. The van der Waals surface area contributed by atoms with Crippen LogP contribution >= 0.6 is 0 Å². The summed E-state index contributed by atoms with van der Waals surface area (Å²) >= 11 is 0. The molecule has 10 nitrogen and oxygen atoms in total. The first-order valence-corrected chi connectivity index (χ1v) is 9.94. The van der Waals surface area contributed by atoms with Gasteiger partial charge in [-0.15, -0.1) is 0 Å². The lowest BCUT2D eigenvalue weighted by molar-refractivity contribution is -0.384. The van der Waals surface area contributed by atoms with E-state index in [9.17, 15) is 23.3 Å². The molecule has 2 rings (SSSR count). The van der Waals surface area contributed by atoms with E-state index in [1.54, 1.807) is 6.92 Å². The van der Waals surface area contributed by atoms with Crippen molar-refractivity contribution < 1.29 is 22.9 Å². The smallest absolute Gasteiger partial charge is 0.293 e. The van der Waals surface area contributed by atoms with Crippen molar-refractivity contribution in [1.82, 2.24) is 10.6 Å². The first kappa shape index (κ1) is 20.1. The molecule has 3 N–H and O–H groups in total. The Balaban J connectivity index is 1.93. The number of morpholine rings is 1. The second-order valence-corrected chi connectivity index (χ2v) is 7.95. The maximum Gasteiger partial charge on any atom is 0.293 e. The van der Waals surface area contributed by atoms with Crippen LogP contribution in [0.25, 0.3) is 0 Å². The highest BCUT2D eigenvalue weighted by Gasteiger charge is 2.27. The van der Waals surface area contributed by atoms with Crippen LogP contribution in [0.2, 0.25) is 0 Å². The number of hydrogen-bond acceptors (Lipinski definition) is 8. The SMILES string of the molecule is C[C@H]1OCCN[C@@H]1C(=O)NCCNc1ccc(S(C)(=O)=O)cc1[N+](=O)[O-]. The number of carbonyl (C=O) groups excluding carboxylic acids is 1. The zero-order chi connectivity index (χ0) is 19.3. The van der Waals surface area contributed by atoms with Gasteiger partial charge in [0.1, 0.15) is 11.7 Å². The molecule has 1 saturated heterocycles. The third-order valence-electron chi connectivity index (χ3n) is 3.93. The predicted molar refractivity (Wildman–Crippen MR) is 94.9 cm³/mol. The zero-order valence-corrected chi connectivity index (χ0v) is 15.3. The Morgan fingerprint density at radius 2 is 2.15 bits per heavy atom. The van der Waals surface area contributed by atoms with Gasteiger partial charge in [0.05, 0.1) is 22.5 Å². The molecule has 11 heteroatoms. The molecule has 0 spiro atoms. The van der Waals surface area contributed by atoms with Gasteiger partial charge in [-0.2, -0.15) is 0 Å². The highest BCUT2D eigenvalue weighted by molar-refractivity contribution is 7.90. The van der Waals surface area contributed by atoms with Crippen molar-refractivity contribution in [2.75, 3.05) is 37.8 Å². The monoisotopic (exact) mass is 386 g/mol. The topological polar surface area (TPSA) is 140 Å². The summed E-state index contributed by atoms with van der Waals surface area (Å²) in [6, 6.07) is 3.22. The van der Waals surface area contributed by atoms with Crippen LogP contribution in [-0.2, 0) is 19.4 Å². The van der Waals surface area contributed by atoms with Crippen LogP contribution in [0.4, 0.5) is 11.4 Å². The number of hydrogen-bond donors (Lipinski definition) is 3. The second-order valence-electron chi connectivity index (χ2n) is 5.93. The molecule has 1 aliphatic rings. The van der Waals surface area contributed by atoms with E-state index in [1.165, 1.54) is 12.1 Å². The Hall–Kier alpha value is -2.24. The molecule has 0 bridgehead atoms. The number of anilines is 1. The molecule has 1 aromatic carbocycles. The highest BCUT2D eigenvalue weighted by atomic mass is 32.2. The number of rotatable bonds is 7. The number of nitro groups is 1. The van der Waals surface area contributed by atoms with Gasteiger partial charge in [-0.1, -0.05) is 0 Å². The Kier molecular flexibility index (Phi) is 6.51. The van der Waals surface area contributed by atoms with Gasteiger partial charge in [0.15, 0.2) is 9.84 Å². The van der Waals surface area contributed by atoms with Gasteiger partial charge in [0.2, 0.25) is 5.91 Å². The Morgan fingerprint density at radius 3 is 2.77 bits per heavy atom. The summed E-state index contributed by atoms with van der Waals surface area (Å²) in [5.41, 5.74) is -0.153. The van der Waals surface area contributed by atoms with E-state index >= 15 is 0 Å². The summed E-state index contributed by atoms with van der Waals surface area (Å²) in [7, 11) is -3.54. The minimum Gasteiger partial charge on any atom is -0.378 e. The molecule has 1 aromatic rings. The molecule has 144 valence electrons. The normalized spacial score (nSPS) is 20.4. The Labute approximate surface area is 151 Å². The number of amides is 1. The van der Waals surface area contributed by atoms with Gasteiger partial charge < -0.3 is 20.7 Å². The molecule has 0 saturated carbocycles. The maximum absolute atomic E-state index is 12.1. The van der Waals surface area contributed by atoms with E-state index in [0.29, 0.717) is 13.2 Å². The number of sulfone groups is 1. The summed E-state index contributed by atoms with van der Waals surface area (Å²) in [6.45, 7) is 3.45. The van der Waals surface area contributed by atoms with Gasteiger partial charge in [-0.3, -0.25) is 14.9 Å². The predicted octanol–water partition coefficient (Wildman–Crippen LogP) is -0.0967. The van der Waals surface area contributed by atoms with Crippen molar-refractivity contribution in [3.8, 4) is 0 Å². The van der Waals surface area contributed by atoms with Crippen molar-refractivity contribution in [2.45, 2.75) is 24.0 Å². The molecule has 1 fully saturated rings. The van der Waals surface area contributed by atoms with Crippen LogP contribution in [0.15, 0.2) is 23.1 Å². The van der Waals surface area contributed by atoms with E-state index < -0.39 is 20.8 Å². The molecule has 26 heavy (non-hydrogen) atoms. The lowest BCUT2D eigenvalue weighted by Crippen LogP contribution is -2.55. The Morgan fingerprint density at radius 1 is 1.42 bits per heavy atom. The highest BCUT2D eigenvalue weighted by Crippen LogP contribution is 2.27. The average molecular weight is 386 g/mol. The minimum atomic E-state index is -3.54. The van der Waals surface area contributed by atoms with E-state index in [0.717, 1.165) is 12.3 Å². The van der Waals surface area contributed by atoms with Crippen LogP contribution < -0.4 is 16.0 Å². The van der Waals surface area contributed by atoms with Gasteiger partial charge in [0.25, 0.3) is 5.69 Å². The fourth-order valence-electron chi connectivity index (χ4n) is 2.56. The summed E-state index contributed by atoms with van der Waals surface area (Å²) in [4.78, 5) is 22.5. The fourth-order valence-corrected chi connectivity index (χ4v) is 3.20. The fraction of sp³-hybridized carbons (Fsp3) is 0.533. The van der Waals surface area contributed by atoms with E-state index in [-0.39, 0.29) is 41.4 Å². The average Bonchev–Trinajstić information content (AvgIpc) is 2.58. The first-order chi connectivity index (χ1) is 12.2. The van der Waals surface area contributed by atoms with Crippen molar-refractivity contribution in [2.24, 2.45) is 0 Å². The molecule has 0 aromatic heterocycles. The molecule has 2 atom stereocenters. The molecule has 1 amide bonds. The van der Waals surface area contributed by atoms with Crippen molar-refractivity contribution in [1.29, 1.82) is 0 Å². The summed E-state index contributed by atoms with van der Waals surface area (Å²) in [5.74, 6) is -0.207. The standard InChI is InChI=1S/C15H22N4O6S/c1-10-14(17-7-8-25-10)15(20)18-6-5-16-12-4-3-11(26(2,23)24)9-13(12)19(21)22/h3-4,9-10,14,16-17H,5-8H2,1-2H3,(H,18,20)/t10-,14+/m1/s1. The minimum absolute atomic E-state index is 0.125. The summed E-state index contributed by atoms with van der Waals surface area (Å²) in [6.07, 6.45) is 0.750.